The molecule has 0 saturated heterocycles. The maximum absolute atomic E-state index is 2.08. The summed E-state index contributed by atoms with van der Waals surface area (Å²) in [5.41, 5.74) is 0. The maximum atomic E-state index is 2.08. The van der Waals surface area contributed by atoms with Crippen LogP contribution in [0.3, 0.4) is 0 Å². The van der Waals surface area contributed by atoms with Crippen LogP contribution in [0.15, 0.2) is 0 Å². The Balaban J connectivity index is 0. The predicted octanol–water partition coefficient (Wildman–Crippen LogP) is -1.38. The standard InChI is InChI=1S/C4H9.K/c1-4(2)3;/h1-3H3;/q-1;+1. The van der Waals surface area contributed by atoms with Gasteiger partial charge in [-0.2, -0.15) is 20.8 Å². The van der Waals surface area contributed by atoms with Crippen LogP contribution in [0.25, 0.3) is 0 Å². The van der Waals surface area contributed by atoms with Crippen LogP contribution in [-0.2, 0) is 0 Å². The third-order valence-electron chi connectivity index (χ3n) is 0. The Kier molecular flexibility index (Phi) is 11.1. The van der Waals surface area contributed by atoms with Crippen molar-refractivity contribution in [3.8, 4) is 0 Å². The van der Waals surface area contributed by atoms with Crippen LogP contribution in [0.5, 0.6) is 0 Å². The second-order valence-corrected chi connectivity index (χ2v) is 1.50. The van der Waals surface area contributed by atoms with Gasteiger partial charge in [0.15, 0.2) is 0 Å². The zero-order valence-corrected chi connectivity index (χ0v) is 7.62. The van der Waals surface area contributed by atoms with Gasteiger partial charge in [-0.15, -0.1) is 0 Å². The first kappa shape index (κ1) is 9.81. The van der Waals surface area contributed by atoms with Gasteiger partial charge in [0, 0.05) is 0 Å². The van der Waals surface area contributed by atoms with E-state index in [1.807, 2.05) is 0 Å². The van der Waals surface area contributed by atoms with E-state index in [1.165, 1.54) is 5.92 Å². The van der Waals surface area contributed by atoms with E-state index in [-0.39, 0.29) is 51.4 Å². The molecule has 1 heteroatoms. The van der Waals surface area contributed by atoms with Crippen molar-refractivity contribution in [2.75, 3.05) is 0 Å². The molecule has 0 aromatic rings. The van der Waals surface area contributed by atoms with E-state index in [1.54, 1.807) is 0 Å². The van der Waals surface area contributed by atoms with Crippen LogP contribution in [0, 0.1) is 5.92 Å². The largest absolute Gasteiger partial charge is 1.00 e. The van der Waals surface area contributed by atoms with Crippen molar-refractivity contribution in [1.82, 2.24) is 0 Å². The fraction of sp³-hybridized carbons (Fsp3) is 0.750. The van der Waals surface area contributed by atoms with Crippen LogP contribution in [0.1, 0.15) is 20.8 Å². The summed E-state index contributed by atoms with van der Waals surface area (Å²) in [7, 11) is 0. The Bertz CT molecular complexity index is 8.36. The summed E-state index contributed by atoms with van der Waals surface area (Å²) in [6.45, 7) is 6.25. The molecule has 0 amide bonds. The number of hydrogen-bond donors (Lipinski definition) is 0. The van der Waals surface area contributed by atoms with Crippen molar-refractivity contribution in [1.29, 1.82) is 0 Å². The van der Waals surface area contributed by atoms with Gasteiger partial charge in [-0.25, -0.2) is 0 Å². The van der Waals surface area contributed by atoms with Gasteiger partial charge in [-0.3, -0.25) is 0 Å². The summed E-state index contributed by atoms with van der Waals surface area (Å²) in [4.78, 5) is 0. The Labute approximate surface area is 76.8 Å². The molecule has 0 aliphatic carbocycles. The molecular weight excluding hydrogens is 87.1 g/mol. The minimum atomic E-state index is 0. The van der Waals surface area contributed by atoms with Crippen molar-refractivity contribution in [2.24, 2.45) is 0 Å². The van der Waals surface area contributed by atoms with Gasteiger partial charge in [-0.1, -0.05) is 0 Å². The first-order valence-corrected chi connectivity index (χ1v) is 1.50. The zero-order chi connectivity index (χ0) is 3.58. The van der Waals surface area contributed by atoms with E-state index < -0.39 is 0 Å². The zero-order valence-electron chi connectivity index (χ0n) is 4.50. The van der Waals surface area contributed by atoms with Gasteiger partial charge in [0.2, 0.25) is 0 Å². The second-order valence-electron chi connectivity index (χ2n) is 1.50. The quantitative estimate of drug-likeness (QED) is 0.258. The Morgan fingerprint density at radius 3 is 1.00 bits per heavy atom. The van der Waals surface area contributed by atoms with E-state index in [0.717, 1.165) is 0 Å². The molecule has 0 saturated carbocycles. The molecule has 0 radical (unpaired) electrons. The summed E-state index contributed by atoms with van der Waals surface area (Å²) in [6, 6.07) is 0. The number of rotatable bonds is 0. The third kappa shape index (κ3) is 27.8. The minimum absolute atomic E-state index is 0. The average molecular weight is 96.2 g/mol. The van der Waals surface area contributed by atoms with Gasteiger partial charge < -0.3 is 5.92 Å². The van der Waals surface area contributed by atoms with Gasteiger partial charge in [-0.05, 0) is 0 Å². The molecule has 0 spiro atoms. The van der Waals surface area contributed by atoms with Crippen LogP contribution in [0.4, 0.5) is 0 Å². The van der Waals surface area contributed by atoms with Crippen molar-refractivity contribution >= 4 is 0 Å². The summed E-state index contributed by atoms with van der Waals surface area (Å²) in [5, 5.41) is 0. The third-order valence-corrected chi connectivity index (χ3v) is 0. The van der Waals surface area contributed by atoms with Crippen molar-refractivity contribution in [2.45, 2.75) is 20.8 Å². The topological polar surface area (TPSA) is 0 Å². The van der Waals surface area contributed by atoms with Crippen LogP contribution in [-0.4, -0.2) is 0 Å². The molecule has 0 fully saturated rings. The van der Waals surface area contributed by atoms with Crippen molar-refractivity contribution in [3.05, 3.63) is 5.92 Å². The van der Waals surface area contributed by atoms with E-state index in [9.17, 15) is 0 Å². The van der Waals surface area contributed by atoms with Gasteiger partial charge in [0.05, 0.1) is 0 Å². The molecule has 0 aliphatic heterocycles. The normalized spacial score (nSPS) is 7.20. The van der Waals surface area contributed by atoms with Gasteiger partial charge in [0.1, 0.15) is 0 Å². The summed E-state index contributed by atoms with van der Waals surface area (Å²) >= 11 is 0. The fourth-order valence-electron chi connectivity index (χ4n) is 0. The molecule has 0 aliphatic rings. The Hall–Kier alpha value is 1.64. The Morgan fingerprint density at radius 1 is 1.00 bits per heavy atom. The molecule has 0 unspecified atom stereocenters. The second kappa shape index (κ2) is 5.64. The van der Waals surface area contributed by atoms with Crippen LogP contribution in [0.2, 0.25) is 0 Å². The maximum Gasteiger partial charge on any atom is 1.00 e. The minimum Gasteiger partial charge on any atom is -0.323 e. The summed E-state index contributed by atoms with van der Waals surface area (Å²) in [6.07, 6.45) is 0. The molecule has 0 atom stereocenters. The van der Waals surface area contributed by atoms with Crippen molar-refractivity contribution in [3.63, 3.8) is 0 Å². The molecule has 5 heavy (non-hydrogen) atoms. The van der Waals surface area contributed by atoms with Crippen molar-refractivity contribution < 1.29 is 51.4 Å². The van der Waals surface area contributed by atoms with E-state index in [4.69, 9.17) is 0 Å². The average Bonchev–Trinajstić information content (AvgIpc) is 0.811. The smallest absolute Gasteiger partial charge is 0.323 e. The molecule has 0 aromatic heterocycles. The summed E-state index contributed by atoms with van der Waals surface area (Å²) in [5.74, 6) is 1.42. The van der Waals surface area contributed by atoms with Crippen LogP contribution >= 0.6 is 0 Å². The molecule has 0 rings (SSSR count). The first-order valence-electron chi connectivity index (χ1n) is 1.50. The number of hydrogen-bond acceptors (Lipinski definition) is 0. The summed E-state index contributed by atoms with van der Waals surface area (Å²) < 4.78 is 0. The van der Waals surface area contributed by atoms with Crippen LogP contribution < -0.4 is 51.4 Å². The molecular formula is C4H9K. The molecule has 0 bridgehead atoms. The molecule has 0 nitrogen and oxygen atoms in total. The predicted molar refractivity (Wildman–Crippen MR) is 20.3 cm³/mol. The molecule has 0 aromatic carbocycles. The van der Waals surface area contributed by atoms with E-state index in [2.05, 4.69) is 20.8 Å². The van der Waals surface area contributed by atoms with Gasteiger partial charge >= 0.3 is 51.4 Å². The monoisotopic (exact) mass is 96.0 g/mol. The SMILES string of the molecule is C[C-](C)C.[K+]. The van der Waals surface area contributed by atoms with E-state index >= 15 is 0 Å². The first-order chi connectivity index (χ1) is 1.73. The van der Waals surface area contributed by atoms with E-state index in [0.29, 0.717) is 0 Å². The van der Waals surface area contributed by atoms with Gasteiger partial charge in [0.25, 0.3) is 0 Å². The fourth-order valence-corrected chi connectivity index (χ4v) is 0. The Morgan fingerprint density at radius 2 is 1.00 bits per heavy atom. The molecule has 26 valence electrons. The molecule has 0 heterocycles. The molecule has 0 N–H and O–H groups in total.